The van der Waals surface area contributed by atoms with Crippen molar-refractivity contribution in [2.24, 2.45) is 5.41 Å². The minimum Gasteiger partial charge on any atom is -0.484 e. The fraction of sp³-hybridized carbons (Fsp3) is 0.357. The van der Waals surface area contributed by atoms with E-state index in [2.05, 4.69) is 27.8 Å². The summed E-state index contributed by atoms with van der Waals surface area (Å²) < 4.78 is 47.2. The average Bonchev–Trinajstić information content (AvgIpc) is 3.95. The number of likely N-dealkylation sites (tertiary alicyclic amines) is 1. The summed E-state index contributed by atoms with van der Waals surface area (Å²) in [5.74, 6) is 1.84. The topological polar surface area (TPSA) is 249 Å². The number of carbonyl (C=O) groups excluding carboxylic acids is 8. The molecule has 1 aromatic heterocycles. The molecule has 4 aromatic carbocycles. The van der Waals surface area contributed by atoms with Gasteiger partial charge < -0.3 is 35.0 Å². The molecule has 5 N–H and O–H groups in total. The predicted molar refractivity (Wildman–Crippen MR) is 281 cm³/mol. The molecule has 9 rings (SSSR count). The lowest BCUT2D eigenvalue weighted by Gasteiger charge is -2.43. The SMILES string of the molecule is CC(C)(C)C(NC(=O)c1cc2cc(C(F)(F)P(=O)(O)O)ccc2s1)C(=O)N1Cc2cc(OCC(=O)NCCC#Cc3ccc4c(c3)C(=O)N(C3CCC(=O)NC3=O)C4=O)ccc2C[C@H]1C(=O)N1CCC[C@H](c2ccccc2)C1. The number of alkyl halides is 2. The van der Waals surface area contributed by atoms with Crippen molar-refractivity contribution < 1.29 is 66.2 Å². The molecule has 0 bridgehead atoms. The lowest BCUT2D eigenvalue weighted by Crippen LogP contribution is -2.61. The summed E-state index contributed by atoms with van der Waals surface area (Å²) in [5, 5.41) is 7.91. The second kappa shape index (κ2) is 22.0. The molecule has 22 heteroatoms. The van der Waals surface area contributed by atoms with E-state index in [1.54, 1.807) is 49.9 Å². The van der Waals surface area contributed by atoms with Crippen LogP contribution in [0.15, 0.2) is 91.0 Å². The van der Waals surface area contributed by atoms with Gasteiger partial charge in [-0.3, -0.25) is 53.1 Å². The van der Waals surface area contributed by atoms with Gasteiger partial charge >= 0.3 is 13.3 Å². The van der Waals surface area contributed by atoms with Crippen LogP contribution in [0.3, 0.4) is 0 Å². The number of carbonyl (C=O) groups is 8. The zero-order valence-corrected chi connectivity index (χ0v) is 44.4. The van der Waals surface area contributed by atoms with Gasteiger partial charge in [-0.25, -0.2) is 0 Å². The first-order valence-corrected chi connectivity index (χ1v) is 27.7. The van der Waals surface area contributed by atoms with E-state index in [0.29, 0.717) is 34.7 Å². The summed E-state index contributed by atoms with van der Waals surface area (Å²) in [6.45, 7) is 5.91. The number of fused-ring (bicyclic) bond motifs is 3. The minimum atomic E-state index is -5.87. The smallest absolute Gasteiger partial charge is 0.399 e. The molecule has 2 unspecified atom stereocenters. The third kappa shape index (κ3) is 11.5. The van der Waals surface area contributed by atoms with Gasteiger partial charge in [0.25, 0.3) is 23.6 Å². The van der Waals surface area contributed by atoms with Gasteiger partial charge in [-0.1, -0.05) is 75.1 Å². The molecule has 0 aliphatic carbocycles. The van der Waals surface area contributed by atoms with Crippen molar-refractivity contribution >= 4 is 76.3 Å². The maximum atomic E-state index is 15.2. The molecule has 0 radical (unpaired) electrons. The molecular weight excluding hydrogens is 1050 g/mol. The quantitative estimate of drug-likeness (QED) is 0.0396. The van der Waals surface area contributed by atoms with E-state index in [4.69, 9.17) is 4.74 Å². The first kappa shape index (κ1) is 55.1. The number of ether oxygens (including phenoxy) is 1. The number of amides is 8. The Kier molecular flexibility index (Phi) is 15.6. The summed E-state index contributed by atoms with van der Waals surface area (Å²) in [4.78, 5) is 130. The summed E-state index contributed by atoms with van der Waals surface area (Å²) in [6, 6.07) is 20.7. The van der Waals surface area contributed by atoms with Gasteiger partial charge in [0.05, 0.1) is 16.0 Å². The molecule has 0 saturated carbocycles. The Labute approximate surface area is 451 Å². The van der Waals surface area contributed by atoms with Crippen molar-refractivity contribution in [1.29, 1.82) is 0 Å². The Hall–Kier alpha value is -7.63. The van der Waals surface area contributed by atoms with Crippen LogP contribution in [-0.2, 0) is 47.2 Å². The van der Waals surface area contributed by atoms with Gasteiger partial charge in [-0.2, -0.15) is 8.78 Å². The fourth-order valence-electron chi connectivity index (χ4n) is 10.2. The van der Waals surface area contributed by atoms with Crippen molar-refractivity contribution in [3.8, 4) is 17.6 Å². The molecular formula is C56H55F2N6O12PS. The third-order valence-corrected chi connectivity index (χ3v) is 16.4. The maximum absolute atomic E-state index is 15.2. The van der Waals surface area contributed by atoms with Gasteiger partial charge in [0.1, 0.15) is 23.9 Å². The van der Waals surface area contributed by atoms with Crippen molar-refractivity contribution in [2.75, 3.05) is 26.2 Å². The molecule has 4 aliphatic rings. The Bertz CT molecular complexity index is 3400. The van der Waals surface area contributed by atoms with E-state index in [9.17, 15) is 56.7 Å². The highest BCUT2D eigenvalue weighted by molar-refractivity contribution is 7.52. The normalized spacial score (nSPS) is 19.1. The zero-order valence-electron chi connectivity index (χ0n) is 42.7. The summed E-state index contributed by atoms with van der Waals surface area (Å²) in [6.07, 6.45) is 2.01. The van der Waals surface area contributed by atoms with E-state index in [-0.39, 0.29) is 78.6 Å². The summed E-state index contributed by atoms with van der Waals surface area (Å²) in [7, 11) is -5.87. The fourth-order valence-corrected chi connectivity index (χ4v) is 11.6. The summed E-state index contributed by atoms with van der Waals surface area (Å²) >= 11 is 0.946. The molecule has 18 nitrogen and oxygen atoms in total. The maximum Gasteiger partial charge on any atom is 0.399 e. The van der Waals surface area contributed by atoms with E-state index in [1.807, 2.05) is 30.3 Å². The highest BCUT2D eigenvalue weighted by Gasteiger charge is 2.51. The molecule has 8 amide bonds. The van der Waals surface area contributed by atoms with Gasteiger partial charge in [-0.05, 0) is 95.3 Å². The Morgan fingerprint density at radius 2 is 1.67 bits per heavy atom. The lowest BCUT2D eigenvalue weighted by molar-refractivity contribution is -0.150. The molecule has 2 fully saturated rings. The molecule has 4 aliphatic heterocycles. The Morgan fingerprint density at radius 1 is 0.910 bits per heavy atom. The van der Waals surface area contributed by atoms with Crippen molar-refractivity contribution in [3.05, 3.63) is 135 Å². The van der Waals surface area contributed by atoms with Crippen molar-refractivity contribution in [1.82, 2.24) is 30.7 Å². The average molecular weight is 1110 g/mol. The van der Waals surface area contributed by atoms with Crippen molar-refractivity contribution in [2.45, 2.75) is 95.5 Å². The number of hydrogen-bond acceptors (Lipinski definition) is 11. The van der Waals surface area contributed by atoms with Crippen LogP contribution < -0.4 is 20.7 Å². The molecule has 5 aromatic rings. The first-order valence-electron chi connectivity index (χ1n) is 25.3. The molecule has 5 heterocycles. The van der Waals surface area contributed by atoms with Crippen molar-refractivity contribution in [3.63, 3.8) is 0 Å². The lowest BCUT2D eigenvalue weighted by atomic mass is 9.83. The number of piperidine rings is 2. The van der Waals surface area contributed by atoms with E-state index < -0.39 is 83.7 Å². The molecule has 78 heavy (non-hydrogen) atoms. The first-order chi connectivity index (χ1) is 37.0. The van der Waals surface area contributed by atoms with Crippen LogP contribution in [0.2, 0.25) is 0 Å². The Morgan fingerprint density at radius 3 is 2.40 bits per heavy atom. The van der Waals surface area contributed by atoms with E-state index in [0.717, 1.165) is 52.3 Å². The Balaban J connectivity index is 0.873. The van der Waals surface area contributed by atoms with Gasteiger partial charge in [-0.15, -0.1) is 11.3 Å². The number of benzene rings is 4. The van der Waals surface area contributed by atoms with Crippen LogP contribution in [0.5, 0.6) is 5.75 Å². The third-order valence-electron chi connectivity index (χ3n) is 14.3. The van der Waals surface area contributed by atoms with Crippen LogP contribution >= 0.6 is 18.9 Å². The van der Waals surface area contributed by atoms with Crippen LogP contribution in [0.25, 0.3) is 10.1 Å². The number of nitrogens with zero attached hydrogens (tertiary/aromatic N) is 3. The van der Waals surface area contributed by atoms with Gasteiger partial charge in [0.15, 0.2) is 6.61 Å². The highest BCUT2D eigenvalue weighted by atomic mass is 32.1. The second-order valence-corrected chi connectivity index (χ2v) is 23.5. The minimum absolute atomic E-state index is 0.000822. The monoisotopic (exact) mass is 1100 g/mol. The van der Waals surface area contributed by atoms with E-state index in [1.165, 1.54) is 29.2 Å². The molecule has 2 saturated heterocycles. The van der Waals surface area contributed by atoms with Gasteiger partial charge in [0, 0.05) is 67.2 Å². The van der Waals surface area contributed by atoms with Crippen LogP contribution in [0.4, 0.5) is 8.78 Å². The highest BCUT2D eigenvalue weighted by Crippen LogP contribution is 2.59. The van der Waals surface area contributed by atoms with Crippen LogP contribution in [0, 0.1) is 17.3 Å². The van der Waals surface area contributed by atoms with Crippen LogP contribution in [-0.4, -0.2) is 116 Å². The molecule has 0 spiro atoms. The molecule has 406 valence electrons. The predicted octanol–water partition coefficient (Wildman–Crippen LogP) is 5.97. The largest absolute Gasteiger partial charge is 0.484 e. The van der Waals surface area contributed by atoms with Crippen LogP contribution in [0.1, 0.15) is 117 Å². The number of halogens is 2. The molecule has 4 atom stereocenters. The zero-order chi connectivity index (χ0) is 55.8. The standard InChI is InChI=1S/C56H55F2N6O12PS/c1-55(2,3)48(61-50(68)45-28-36-25-38(16-20-44(36)78-45)56(57,58)77(73,74)75)54(72)63-30-37-26-39(17-15-34(37)27-43(63)53(71)62-23-9-13-35(29-62)33-11-5-4-6-12-33)76-31-47(66)59-22-8-7-10-32-14-18-40-41(24-32)52(70)64(51(40)69)42-19-21-46(65)60-49(42)67/h4-6,11-12,14-18,20,24-26,28,35,42-43,48H,8-9,13,19,21-23,27,29-31H2,1-3H3,(H,59,66)(H,61,68)(H,60,65,67)(H2,73,74,75)/t35-,42?,43-,48?/m0/s1. The number of hydrogen-bond donors (Lipinski definition) is 5. The second-order valence-electron chi connectivity index (χ2n) is 20.8. The van der Waals surface area contributed by atoms with Gasteiger partial charge in [0.2, 0.25) is 23.6 Å². The number of thiophene rings is 1. The number of rotatable bonds is 13. The summed E-state index contributed by atoms with van der Waals surface area (Å²) in [5.41, 5.74) is -3.14. The number of imide groups is 2. The number of nitrogens with one attached hydrogen (secondary N) is 3. The van der Waals surface area contributed by atoms with E-state index >= 15 is 4.79 Å².